The van der Waals surface area contributed by atoms with Crippen molar-refractivity contribution >= 4 is 11.6 Å². The summed E-state index contributed by atoms with van der Waals surface area (Å²) in [4.78, 5) is 13.3. The number of benzene rings is 2. The maximum absolute atomic E-state index is 13.3. The predicted molar refractivity (Wildman–Crippen MR) is 112 cm³/mol. The molecule has 0 aliphatic heterocycles. The monoisotopic (exact) mass is 368 g/mol. The lowest BCUT2D eigenvalue weighted by Crippen LogP contribution is -2.54. The lowest BCUT2D eigenvalue weighted by Gasteiger charge is -2.39. The third-order valence-corrected chi connectivity index (χ3v) is 5.23. The van der Waals surface area contributed by atoms with Crippen LogP contribution in [0, 0.1) is 12.3 Å². The molecular formula is C23H32N2O2. The average molecular weight is 369 g/mol. The first-order valence-electron chi connectivity index (χ1n) is 9.53. The molecule has 0 aliphatic rings. The minimum absolute atomic E-state index is 0.0712. The summed E-state index contributed by atoms with van der Waals surface area (Å²) in [5, 5.41) is 16.2. The van der Waals surface area contributed by atoms with E-state index in [1.807, 2.05) is 58.0 Å². The molecule has 0 aromatic heterocycles. The molecule has 4 heteroatoms. The molecule has 27 heavy (non-hydrogen) atoms. The molecule has 2 aromatic carbocycles. The number of aliphatic hydroxyl groups excluding tert-OH is 1. The van der Waals surface area contributed by atoms with Gasteiger partial charge >= 0.3 is 0 Å². The number of nitrogens with one attached hydrogen (secondary N) is 2. The topological polar surface area (TPSA) is 61.4 Å². The Hall–Kier alpha value is -2.33. The number of anilines is 1. The van der Waals surface area contributed by atoms with Crippen molar-refractivity contribution in [3.8, 4) is 0 Å². The molecule has 0 saturated heterocycles. The Morgan fingerprint density at radius 2 is 1.63 bits per heavy atom. The summed E-state index contributed by atoms with van der Waals surface area (Å²) in [5.74, 6) is -0.0712. The number of aliphatic hydroxyl groups is 1. The zero-order valence-electron chi connectivity index (χ0n) is 17.0. The highest BCUT2D eigenvalue weighted by molar-refractivity contribution is 5.84. The summed E-state index contributed by atoms with van der Waals surface area (Å²) in [7, 11) is 0. The summed E-state index contributed by atoms with van der Waals surface area (Å²) in [5.41, 5.74) is 1.85. The summed E-state index contributed by atoms with van der Waals surface area (Å²) >= 11 is 0. The molecule has 4 nitrogen and oxygen atoms in total. The molecule has 2 unspecified atom stereocenters. The Balaban J connectivity index is 2.44. The third kappa shape index (κ3) is 5.10. The summed E-state index contributed by atoms with van der Waals surface area (Å²) < 4.78 is 0. The van der Waals surface area contributed by atoms with E-state index in [4.69, 9.17) is 0 Å². The standard InChI is InChI=1S/C23H32N2O2/c1-6-23(5,21(27)25-22(3,4)16-26)20(18-14-12-17(2)13-15-18)24-19-10-8-7-9-11-19/h7-15,20,24,26H,6,16H2,1-5H3,(H,25,27). The largest absolute Gasteiger partial charge is 0.394 e. The summed E-state index contributed by atoms with van der Waals surface area (Å²) in [6.07, 6.45) is 0.652. The van der Waals surface area contributed by atoms with Crippen molar-refractivity contribution in [2.24, 2.45) is 5.41 Å². The number of hydrogen-bond donors (Lipinski definition) is 3. The van der Waals surface area contributed by atoms with Gasteiger partial charge in [-0.2, -0.15) is 0 Å². The number of para-hydroxylation sites is 1. The second-order valence-electron chi connectivity index (χ2n) is 8.12. The van der Waals surface area contributed by atoms with Gasteiger partial charge in [-0.3, -0.25) is 4.79 Å². The first-order chi connectivity index (χ1) is 12.7. The Kier molecular flexibility index (Phi) is 6.66. The van der Waals surface area contributed by atoms with Crippen molar-refractivity contribution in [2.75, 3.05) is 11.9 Å². The fourth-order valence-electron chi connectivity index (χ4n) is 3.06. The van der Waals surface area contributed by atoms with Crippen LogP contribution in [0.4, 0.5) is 5.69 Å². The second kappa shape index (κ2) is 8.57. The van der Waals surface area contributed by atoms with Gasteiger partial charge in [0.05, 0.1) is 23.6 Å². The lowest BCUT2D eigenvalue weighted by molar-refractivity contribution is -0.133. The molecule has 0 spiro atoms. The van der Waals surface area contributed by atoms with E-state index in [9.17, 15) is 9.90 Å². The zero-order chi connectivity index (χ0) is 20.1. The van der Waals surface area contributed by atoms with E-state index in [1.54, 1.807) is 0 Å². The molecule has 0 bridgehead atoms. The molecule has 0 aliphatic carbocycles. The Bertz CT molecular complexity index is 741. The van der Waals surface area contributed by atoms with Crippen LogP contribution in [0.3, 0.4) is 0 Å². The molecule has 0 saturated carbocycles. The highest BCUT2D eigenvalue weighted by Crippen LogP contribution is 2.40. The second-order valence-corrected chi connectivity index (χ2v) is 8.12. The van der Waals surface area contributed by atoms with Gasteiger partial charge < -0.3 is 15.7 Å². The van der Waals surface area contributed by atoms with E-state index in [-0.39, 0.29) is 18.6 Å². The molecule has 0 heterocycles. The molecule has 2 rings (SSSR count). The van der Waals surface area contributed by atoms with E-state index in [0.29, 0.717) is 6.42 Å². The van der Waals surface area contributed by atoms with Crippen LogP contribution in [-0.4, -0.2) is 23.2 Å². The van der Waals surface area contributed by atoms with E-state index >= 15 is 0 Å². The van der Waals surface area contributed by atoms with Crippen LogP contribution in [0.15, 0.2) is 54.6 Å². The average Bonchev–Trinajstić information content (AvgIpc) is 2.67. The normalized spacial score (nSPS) is 14.9. The quantitative estimate of drug-likeness (QED) is 0.645. The number of hydrogen-bond acceptors (Lipinski definition) is 3. The zero-order valence-corrected chi connectivity index (χ0v) is 17.0. The molecule has 0 radical (unpaired) electrons. The van der Waals surface area contributed by atoms with Crippen molar-refractivity contribution in [3.63, 3.8) is 0 Å². The number of carbonyl (C=O) groups excluding carboxylic acids is 1. The molecular weight excluding hydrogens is 336 g/mol. The lowest BCUT2D eigenvalue weighted by atomic mass is 9.74. The minimum Gasteiger partial charge on any atom is -0.394 e. The van der Waals surface area contributed by atoms with Crippen LogP contribution in [0.1, 0.15) is 51.3 Å². The first kappa shape index (κ1) is 21.0. The van der Waals surface area contributed by atoms with E-state index < -0.39 is 11.0 Å². The predicted octanol–water partition coefficient (Wildman–Crippen LogP) is 4.45. The van der Waals surface area contributed by atoms with Gasteiger partial charge in [-0.1, -0.05) is 55.0 Å². The summed E-state index contributed by atoms with van der Waals surface area (Å²) in [6.45, 7) is 9.60. The maximum atomic E-state index is 13.3. The fourth-order valence-corrected chi connectivity index (χ4v) is 3.06. The van der Waals surface area contributed by atoms with Crippen LogP contribution in [-0.2, 0) is 4.79 Å². The molecule has 0 fully saturated rings. The molecule has 146 valence electrons. The van der Waals surface area contributed by atoms with E-state index in [1.165, 1.54) is 5.56 Å². The Labute approximate surface area is 163 Å². The van der Waals surface area contributed by atoms with Gasteiger partial charge in [-0.25, -0.2) is 0 Å². The van der Waals surface area contributed by atoms with Crippen molar-refractivity contribution < 1.29 is 9.90 Å². The minimum atomic E-state index is -0.697. The van der Waals surface area contributed by atoms with Crippen LogP contribution >= 0.6 is 0 Å². The maximum Gasteiger partial charge on any atom is 0.228 e. The van der Waals surface area contributed by atoms with Gasteiger partial charge in [0.2, 0.25) is 5.91 Å². The smallest absolute Gasteiger partial charge is 0.228 e. The van der Waals surface area contributed by atoms with Crippen molar-refractivity contribution in [1.82, 2.24) is 5.32 Å². The van der Waals surface area contributed by atoms with Gasteiger partial charge in [0, 0.05) is 5.69 Å². The van der Waals surface area contributed by atoms with Crippen LogP contribution < -0.4 is 10.6 Å². The highest BCUT2D eigenvalue weighted by Gasteiger charge is 2.42. The van der Waals surface area contributed by atoms with Crippen LogP contribution in [0.25, 0.3) is 0 Å². The van der Waals surface area contributed by atoms with Crippen LogP contribution in [0.2, 0.25) is 0 Å². The van der Waals surface area contributed by atoms with Crippen LogP contribution in [0.5, 0.6) is 0 Å². The van der Waals surface area contributed by atoms with Crippen molar-refractivity contribution in [1.29, 1.82) is 0 Å². The van der Waals surface area contributed by atoms with E-state index in [0.717, 1.165) is 11.3 Å². The van der Waals surface area contributed by atoms with Gasteiger partial charge in [-0.15, -0.1) is 0 Å². The Morgan fingerprint density at radius 1 is 1.04 bits per heavy atom. The number of amides is 1. The molecule has 2 atom stereocenters. The van der Waals surface area contributed by atoms with E-state index in [2.05, 4.69) is 41.8 Å². The molecule has 3 N–H and O–H groups in total. The summed E-state index contributed by atoms with van der Waals surface area (Å²) in [6, 6.07) is 18.0. The molecule has 1 amide bonds. The molecule has 2 aromatic rings. The highest BCUT2D eigenvalue weighted by atomic mass is 16.3. The van der Waals surface area contributed by atoms with Crippen molar-refractivity contribution in [2.45, 2.75) is 52.6 Å². The number of carbonyl (C=O) groups is 1. The van der Waals surface area contributed by atoms with Gasteiger partial charge in [0.15, 0.2) is 0 Å². The Morgan fingerprint density at radius 3 is 2.15 bits per heavy atom. The third-order valence-electron chi connectivity index (χ3n) is 5.23. The van der Waals surface area contributed by atoms with Gasteiger partial charge in [0.1, 0.15) is 0 Å². The number of aryl methyl sites for hydroxylation is 1. The first-order valence-corrected chi connectivity index (χ1v) is 9.53. The van der Waals surface area contributed by atoms with Gasteiger partial charge in [0.25, 0.3) is 0 Å². The van der Waals surface area contributed by atoms with Gasteiger partial charge in [-0.05, 0) is 51.8 Å². The van der Waals surface area contributed by atoms with Crippen molar-refractivity contribution in [3.05, 3.63) is 65.7 Å². The SMILES string of the molecule is CCC(C)(C(=O)NC(C)(C)CO)C(Nc1ccccc1)c1ccc(C)cc1. The number of rotatable bonds is 8. The fraction of sp³-hybridized carbons (Fsp3) is 0.435.